The van der Waals surface area contributed by atoms with Crippen molar-refractivity contribution < 1.29 is 4.74 Å². The van der Waals surface area contributed by atoms with Crippen molar-refractivity contribution in [1.82, 2.24) is 4.90 Å². The molecule has 0 atom stereocenters. The maximum atomic E-state index is 5.40. The van der Waals surface area contributed by atoms with Gasteiger partial charge in [-0.2, -0.15) is 0 Å². The molecule has 0 bridgehead atoms. The highest BCUT2D eigenvalue weighted by molar-refractivity contribution is 4.90. The Hall–Kier alpha value is -0.880. The Morgan fingerprint density at radius 2 is 2.08 bits per heavy atom. The molecule has 1 saturated heterocycles. The molecule has 68 valence electrons. The Bertz CT molecular complexity index is 176. The molecule has 1 heterocycles. The maximum Gasteiger partial charge on any atom is 0.235 e. The summed E-state index contributed by atoms with van der Waals surface area (Å²) in [7, 11) is 0. The van der Waals surface area contributed by atoms with Gasteiger partial charge in [-0.1, -0.05) is 12.3 Å². The van der Waals surface area contributed by atoms with Gasteiger partial charge in [0.1, 0.15) is 0 Å². The lowest BCUT2D eigenvalue weighted by Gasteiger charge is -2.28. The van der Waals surface area contributed by atoms with Crippen molar-refractivity contribution in [2.24, 2.45) is 0 Å². The van der Waals surface area contributed by atoms with Crippen LogP contribution in [0.25, 0.3) is 0 Å². The minimum absolute atomic E-state index is 0.703. The van der Waals surface area contributed by atoms with Gasteiger partial charge in [-0.15, -0.1) is 0 Å². The molecule has 2 nitrogen and oxygen atoms in total. The molecule has 0 aromatic rings. The molecule has 12 heavy (non-hydrogen) atoms. The third-order valence-electron chi connectivity index (χ3n) is 2.08. The van der Waals surface area contributed by atoms with Crippen molar-refractivity contribution in [1.29, 1.82) is 0 Å². The van der Waals surface area contributed by atoms with E-state index in [1.54, 1.807) is 0 Å². The summed E-state index contributed by atoms with van der Waals surface area (Å²) in [5.74, 6) is 0.831. The lowest BCUT2D eigenvalue weighted by atomic mass is 10.1. The number of ether oxygens (including phenoxy) is 1. The SMILES string of the molecule is C=C=C(OCC)N1CCCCC1. The van der Waals surface area contributed by atoms with Gasteiger partial charge in [0.25, 0.3) is 0 Å². The van der Waals surface area contributed by atoms with E-state index < -0.39 is 0 Å². The van der Waals surface area contributed by atoms with Gasteiger partial charge in [-0.05, 0) is 26.2 Å². The third-order valence-corrected chi connectivity index (χ3v) is 2.08. The molecule has 0 amide bonds. The normalized spacial score (nSPS) is 16.9. The van der Waals surface area contributed by atoms with Gasteiger partial charge in [0, 0.05) is 13.1 Å². The van der Waals surface area contributed by atoms with Crippen LogP contribution < -0.4 is 0 Å². The molecule has 0 spiro atoms. The molecule has 0 N–H and O–H groups in total. The number of nitrogens with zero attached hydrogens (tertiary/aromatic N) is 1. The molecule has 2 heteroatoms. The first kappa shape index (κ1) is 9.21. The lowest BCUT2D eigenvalue weighted by molar-refractivity contribution is 0.108. The van der Waals surface area contributed by atoms with Crippen molar-refractivity contribution in [3.8, 4) is 0 Å². The number of piperidine rings is 1. The van der Waals surface area contributed by atoms with Crippen LogP contribution in [-0.2, 0) is 4.74 Å². The van der Waals surface area contributed by atoms with Crippen LogP contribution in [0, 0.1) is 0 Å². The van der Waals surface area contributed by atoms with E-state index in [9.17, 15) is 0 Å². The fraction of sp³-hybridized carbons (Fsp3) is 0.700. The highest BCUT2D eigenvalue weighted by Crippen LogP contribution is 2.14. The van der Waals surface area contributed by atoms with Crippen molar-refractivity contribution in [3.63, 3.8) is 0 Å². The molecular weight excluding hydrogens is 150 g/mol. The van der Waals surface area contributed by atoms with Crippen LogP contribution in [0.2, 0.25) is 0 Å². The minimum Gasteiger partial charge on any atom is -0.474 e. The number of hydrogen-bond acceptors (Lipinski definition) is 2. The zero-order valence-corrected chi connectivity index (χ0v) is 7.81. The summed E-state index contributed by atoms with van der Waals surface area (Å²) < 4.78 is 5.40. The Kier molecular flexibility index (Phi) is 3.75. The van der Waals surface area contributed by atoms with Crippen molar-refractivity contribution >= 4 is 0 Å². The first-order chi connectivity index (χ1) is 5.88. The third kappa shape index (κ3) is 2.31. The predicted octanol–water partition coefficient (Wildman–Crippen LogP) is 2.14. The molecule has 0 aromatic heterocycles. The smallest absolute Gasteiger partial charge is 0.235 e. The van der Waals surface area contributed by atoms with Crippen molar-refractivity contribution in [2.45, 2.75) is 26.2 Å². The average Bonchev–Trinajstić information content (AvgIpc) is 2.15. The zero-order chi connectivity index (χ0) is 8.81. The topological polar surface area (TPSA) is 12.5 Å². The quantitative estimate of drug-likeness (QED) is 0.471. The lowest BCUT2D eigenvalue weighted by Crippen LogP contribution is -2.29. The fourth-order valence-electron chi connectivity index (χ4n) is 1.49. The van der Waals surface area contributed by atoms with Crippen molar-refractivity contribution in [2.75, 3.05) is 19.7 Å². The fourth-order valence-corrected chi connectivity index (χ4v) is 1.49. The van der Waals surface area contributed by atoms with Crippen LogP contribution in [0.5, 0.6) is 0 Å². The zero-order valence-electron chi connectivity index (χ0n) is 7.81. The molecule has 1 aliphatic rings. The molecule has 0 aliphatic carbocycles. The van der Waals surface area contributed by atoms with E-state index in [0.29, 0.717) is 6.61 Å². The molecule has 1 fully saturated rings. The summed E-state index contributed by atoms with van der Waals surface area (Å²) in [6, 6.07) is 0. The van der Waals surface area contributed by atoms with Gasteiger partial charge in [-0.25, -0.2) is 0 Å². The number of likely N-dealkylation sites (tertiary alicyclic amines) is 1. The summed E-state index contributed by atoms with van der Waals surface area (Å²) in [5, 5.41) is 0. The van der Waals surface area contributed by atoms with Crippen LogP contribution in [0.15, 0.2) is 18.2 Å². The van der Waals surface area contributed by atoms with E-state index in [4.69, 9.17) is 4.74 Å². The molecule has 0 saturated carbocycles. The highest BCUT2D eigenvalue weighted by Gasteiger charge is 2.12. The average molecular weight is 167 g/mol. The van der Waals surface area contributed by atoms with Crippen LogP contribution in [0.4, 0.5) is 0 Å². The van der Waals surface area contributed by atoms with Crippen LogP contribution >= 0.6 is 0 Å². The summed E-state index contributed by atoms with van der Waals surface area (Å²) in [6.07, 6.45) is 3.86. The molecule has 1 rings (SSSR count). The predicted molar refractivity (Wildman–Crippen MR) is 49.7 cm³/mol. The second-order valence-corrected chi connectivity index (χ2v) is 2.96. The van der Waals surface area contributed by atoms with Crippen LogP contribution in [-0.4, -0.2) is 24.6 Å². The maximum absolute atomic E-state index is 5.40. The highest BCUT2D eigenvalue weighted by atomic mass is 16.5. The van der Waals surface area contributed by atoms with E-state index in [1.807, 2.05) is 6.92 Å². The Labute approximate surface area is 74.5 Å². The van der Waals surface area contributed by atoms with Gasteiger partial charge in [-0.3, -0.25) is 0 Å². The van der Waals surface area contributed by atoms with Gasteiger partial charge in [0.15, 0.2) is 0 Å². The molecular formula is C10H17NO. The standard InChI is InChI=1S/C10H17NO/c1-3-10(12-4-2)11-8-6-5-7-9-11/h1,4-9H2,2H3. The van der Waals surface area contributed by atoms with Gasteiger partial charge in [0.2, 0.25) is 5.88 Å². The summed E-state index contributed by atoms with van der Waals surface area (Å²) in [4.78, 5) is 2.22. The summed E-state index contributed by atoms with van der Waals surface area (Å²) in [6.45, 7) is 8.51. The number of rotatable bonds is 3. The second-order valence-electron chi connectivity index (χ2n) is 2.96. The van der Waals surface area contributed by atoms with Gasteiger partial charge in [0.05, 0.1) is 6.61 Å². The molecule has 0 unspecified atom stereocenters. The minimum atomic E-state index is 0.703. The van der Waals surface area contributed by atoms with Gasteiger partial charge >= 0.3 is 0 Å². The first-order valence-electron chi connectivity index (χ1n) is 4.66. The van der Waals surface area contributed by atoms with Crippen LogP contribution in [0.3, 0.4) is 0 Å². The summed E-state index contributed by atoms with van der Waals surface area (Å²) in [5.41, 5.74) is 2.84. The van der Waals surface area contributed by atoms with E-state index in [0.717, 1.165) is 19.0 Å². The Morgan fingerprint density at radius 1 is 1.42 bits per heavy atom. The van der Waals surface area contributed by atoms with E-state index in [1.165, 1.54) is 19.3 Å². The van der Waals surface area contributed by atoms with E-state index >= 15 is 0 Å². The largest absolute Gasteiger partial charge is 0.474 e. The molecule has 0 aromatic carbocycles. The summed E-state index contributed by atoms with van der Waals surface area (Å²) >= 11 is 0. The van der Waals surface area contributed by atoms with Crippen molar-refractivity contribution in [3.05, 3.63) is 18.2 Å². The monoisotopic (exact) mass is 167 g/mol. The Balaban J connectivity index is 2.47. The first-order valence-corrected chi connectivity index (χ1v) is 4.66. The number of hydrogen-bond donors (Lipinski definition) is 0. The molecule has 0 radical (unpaired) electrons. The van der Waals surface area contributed by atoms with E-state index in [-0.39, 0.29) is 0 Å². The molecule has 1 aliphatic heterocycles. The van der Waals surface area contributed by atoms with Gasteiger partial charge < -0.3 is 9.64 Å². The van der Waals surface area contributed by atoms with E-state index in [2.05, 4.69) is 17.2 Å². The second kappa shape index (κ2) is 4.89. The Morgan fingerprint density at radius 3 is 2.58 bits per heavy atom. The van der Waals surface area contributed by atoms with Crippen LogP contribution in [0.1, 0.15) is 26.2 Å².